The maximum Gasteiger partial charge on any atom is 0.0460 e. The van der Waals surface area contributed by atoms with E-state index in [0.29, 0.717) is 5.92 Å². The van der Waals surface area contributed by atoms with E-state index >= 15 is 0 Å². The average Bonchev–Trinajstić information content (AvgIpc) is 2.22. The Morgan fingerprint density at radius 1 is 1.38 bits per heavy atom. The molecule has 0 amide bonds. The first-order chi connectivity index (χ1) is 6.33. The van der Waals surface area contributed by atoms with Crippen molar-refractivity contribution in [2.75, 3.05) is 6.61 Å². The molecular weight excluding hydrogens is 162 g/mol. The molecule has 2 heteroatoms. The van der Waals surface area contributed by atoms with Crippen LogP contribution in [0.15, 0.2) is 24.4 Å². The van der Waals surface area contributed by atoms with Crippen LogP contribution < -0.4 is 0 Å². The molecule has 0 aromatic carbocycles. The van der Waals surface area contributed by atoms with E-state index in [9.17, 15) is 0 Å². The molecule has 0 fully saturated rings. The number of pyridine rings is 1. The summed E-state index contributed by atoms with van der Waals surface area (Å²) in [7, 11) is 0. The van der Waals surface area contributed by atoms with Crippen LogP contribution in [0.4, 0.5) is 0 Å². The Hall–Kier alpha value is -0.890. The molecule has 1 N–H and O–H groups in total. The standard InChI is InChI=1S/C9H13NO.C2H6/c1-8(7-11)6-9-4-2-3-5-10-9;1-2/h2-5,8,11H,6-7H2,1H3;1-2H3. The van der Waals surface area contributed by atoms with Gasteiger partial charge in [-0.1, -0.05) is 26.8 Å². The fourth-order valence-electron chi connectivity index (χ4n) is 0.940. The molecule has 1 atom stereocenters. The van der Waals surface area contributed by atoms with Gasteiger partial charge in [-0.25, -0.2) is 0 Å². The molecule has 0 bridgehead atoms. The lowest BCUT2D eigenvalue weighted by molar-refractivity contribution is 0.236. The van der Waals surface area contributed by atoms with Crippen molar-refractivity contribution in [2.24, 2.45) is 5.92 Å². The predicted octanol–water partition coefficient (Wildman–Crippen LogP) is 2.28. The number of aromatic nitrogens is 1. The van der Waals surface area contributed by atoms with E-state index in [0.717, 1.165) is 12.1 Å². The molecule has 1 rings (SSSR count). The second-order valence-corrected chi connectivity index (χ2v) is 2.81. The molecule has 0 saturated carbocycles. The lowest BCUT2D eigenvalue weighted by Crippen LogP contribution is -2.05. The van der Waals surface area contributed by atoms with Crippen molar-refractivity contribution in [3.05, 3.63) is 30.1 Å². The molecular formula is C11H19NO. The quantitative estimate of drug-likeness (QED) is 0.776. The zero-order valence-corrected chi connectivity index (χ0v) is 8.70. The SMILES string of the molecule is CC.CC(CO)Cc1ccccn1. The number of rotatable bonds is 3. The van der Waals surface area contributed by atoms with Crippen LogP contribution in [0.2, 0.25) is 0 Å². The second kappa shape index (κ2) is 7.74. The third-order valence-corrected chi connectivity index (χ3v) is 1.60. The van der Waals surface area contributed by atoms with Crippen molar-refractivity contribution < 1.29 is 5.11 Å². The van der Waals surface area contributed by atoms with Crippen molar-refractivity contribution >= 4 is 0 Å². The van der Waals surface area contributed by atoms with Crippen LogP contribution in [0.5, 0.6) is 0 Å². The molecule has 2 nitrogen and oxygen atoms in total. The molecule has 0 aliphatic heterocycles. The Balaban J connectivity index is 0.000000671. The van der Waals surface area contributed by atoms with Gasteiger partial charge >= 0.3 is 0 Å². The molecule has 1 aromatic rings. The third kappa shape index (κ3) is 5.36. The van der Waals surface area contributed by atoms with E-state index in [1.54, 1.807) is 6.20 Å². The number of aliphatic hydroxyl groups is 1. The van der Waals surface area contributed by atoms with E-state index in [1.165, 1.54) is 0 Å². The van der Waals surface area contributed by atoms with E-state index in [1.807, 2.05) is 39.0 Å². The minimum Gasteiger partial charge on any atom is -0.396 e. The van der Waals surface area contributed by atoms with E-state index in [4.69, 9.17) is 5.11 Å². The summed E-state index contributed by atoms with van der Waals surface area (Å²) in [5.74, 6) is 0.310. The molecule has 0 saturated heterocycles. The van der Waals surface area contributed by atoms with Crippen LogP contribution in [0.1, 0.15) is 26.5 Å². The van der Waals surface area contributed by atoms with Gasteiger partial charge in [-0.2, -0.15) is 0 Å². The Kier molecular flexibility index (Phi) is 7.21. The maximum absolute atomic E-state index is 8.77. The summed E-state index contributed by atoms with van der Waals surface area (Å²) in [6.45, 7) is 6.24. The molecule has 74 valence electrons. The molecule has 0 aliphatic rings. The highest BCUT2D eigenvalue weighted by molar-refractivity contribution is 5.03. The summed E-state index contributed by atoms with van der Waals surface area (Å²) in [5.41, 5.74) is 1.05. The number of hydrogen-bond donors (Lipinski definition) is 1. The third-order valence-electron chi connectivity index (χ3n) is 1.60. The fraction of sp³-hybridized carbons (Fsp3) is 0.545. The monoisotopic (exact) mass is 181 g/mol. The van der Waals surface area contributed by atoms with Gasteiger partial charge in [0.25, 0.3) is 0 Å². The van der Waals surface area contributed by atoms with E-state index in [-0.39, 0.29) is 6.61 Å². The highest BCUT2D eigenvalue weighted by Crippen LogP contribution is 2.03. The summed E-state index contributed by atoms with van der Waals surface area (Å²) in [6, 6.07) is 5.84. The minimum atomic E-state index is 0.233. The smallest absolute Gasteiger partial charge is 0.0460 e. The van der Waals surface area contributed by atoms with Crippen molar-refractivity contribution in [1.29, 1.82) is 0 Å². The van der Waals surface area contributed by atoms with Crippen molar-refractivity contribution in [2.45, 2.75) is 27.2 Å². The normalized spacial score (nSPS) is 11.4. The molecule has 1 heterocycles. The maximum atomic E-state index is 8.77. The van der Waals surface area contributed by atoms with Gasteiger partial charge in [-0.15, -0.1) is 0 Å². The summed E-state index contributed by atoms with van der Waals surface area (Å²) in [5, 5.41) is 8.77. The molecule has 1 unspecified atom stereocenters. The van der Waals surface area contributed by atoms with Crippen LogP contribution in [0, 0.1) is 5.92 Å². The van der Waals surface area contributed by atoms with Crippen LogP contribution >= 0.6 is 0 Å². The van der Waals surface area contributed by atoms with Gasteiger partial charge in [-0.3, -0.25) is 4.98 Å². The van der Waals surface area contributed by atoms with Crippen molar-refractivity contribution in [1.82, 2.24) is 4.98 Å². The average molecular weight is 181 g/mol. The van der Waals surface area contributed by atoms with Gasteiger partial charge in [0.1, 0.15) is 0 Å². The summed E-state index contributed by atoms with van der Waals surface area (Å²) in [4.78, 5) is 4.16. The van der Waals surface area contributed by atoms with Crippen LogP contribution in [0.25, 0.3) is 0 Å². The van der Waals surface area contributed by atoms with Crippen LogP contribution in [-0.2, 0) is 6.42 Å². The van der Waals surface area contributed by atoms with Gasteiger partial charge in [-0.05, 0) is 24.5 Å². The van der Waals surface area contributed by atoms with Gasteiger partial charge in [0.2, 0.25) is 0 Å². The molecule has 0 radical (unpaired) electrons. The predicted molar refractivity (Wildman–Crippen MR) is 55.5 cm³/mol. The van der Waals surface area contributed by atoms with E-state index in [2.05, 4.69) is 4.98 Å². The Labute approximate surface area is 80.6 Å². The largest absolute Gasteiger partial charge is 0.396 e. The van der Waals surface area contributed by atoms with Gasteiger partial charge in [0, 0.05) is 18.5 Å². The zero-order chi connectivity index (χ0) is 10.1. The summed E-state index contributed by atoms with van der Waals surface area (Å²) in [6.07, 6.45) is 2.64. The topological polar surface area (TPSA) is 33.1 Å². The number of nitrogens with zero attached hydrogens (tertiary/aromatic N) is 1. The first kappa shape index (κ1) is 12.1. The lowest BCUT2D eigenvalue weighted by Gasteiger charge is -2.05. The van der Waals surface area contributed by atoms with Crippen molar-refractivity contribution in [3.63, 3.8) is 0 Å². The van der Waals surface area contributed by atoms with Gasteiger partial charge < -0.3 is 5.11 Å². The van der Waals surface area contributed by atoms with Gasteiger partial charge in [0.05, 0.1) is 0 Å². The first-order valence-corrected chi connectivity index (χ1v) is 4.83. The molecule has 0 aliphatic carbocycles. The lowest BCUT2D eigenvalue weighted by atomic mass is 10.1. The van der Waals surface area contributed by atoms with Crippen LogP contribution in [-0.4, -0.2) is 16.7 Å². The van der Waals surface area contributed by atoms with E-state index < -0.39 is 0 Å². The van der Waals surface area contributed by atoms with Crippen molar-refractivity contribution in [3.8, 4) is 0 Å². The first-order valence-electron chi connectivity index (χ1n) is 4.83. The Bertz CT molecular complexity index is 199. The summed E-state index contributed by atoms with van der Waals surface area (Å²) >= 11 is 0. The zero-order valence-electron chi connectivity index (χ0n) is 8.70. The highest BCUT2D eigenvalue weighted by atomic mass is 16.3. The second-order valence-electron chi connectivity index (χ2n) is 2.81. The summed E-state index contributed by atoms with van der Waals surface area (Å²) < 4.78 is 0. The number of aliphatic hydroxyl groups excluding tert-OH is 1. The minimum absolute atomic E-state index is 0.233. The molecule has 0 spiro atoms. The van der Waals surface area contributed by atoms with Gasteiger partial charge in [0.15, 0.2) is 0 Å². The Morgan fingerprint density at radius 3 is 2.54 bits per heavy atom. The Morgan fingerprint density at radius 2 is 2.08 bits per heavy atom. The van der Waals surface area contributed by atoms with Crippen LogP contribution in [0.3, 0.4) is 0 Å². The molecule has 1 aromatic heterocycles. The highest BCUT2D eigenvalue weighted by Gasteiger charge is 2.00. The number of hydrogen-bond acceptors (Lipinski definition) is 2. The fourth-order valence-corrected chi connectivity index (χ4v) is 0.940. The molecule has 13 heavy (non-hydrogen) atoms.